The van der Waals surface area contributed by atoms with Gasteiger partial charge in [0.25, 0.3) is 0 Å². The average Bonchev–Trinajstić information content (AvgIpc) is 3.06. The summed E-state index contributed by atoms with van der Waals surface area (Å²) in [6.45, 7) is 10.2. The van der Waals surface area contributed by atoms with Crippen molar-refractivity contribution in [1.29, 1.82) is 0 Å². The van der Waals surface area contributed by atoms with Crippen LogP contribution in [0.4, 0.5) is 0 Å². The first-order valence-electron chi connectivity index (χ1n) is 8.96. The lowest BCUT2D eigenvalue weighted by atomic mass is 10.1. The molecule has 0 saturated carbocycles. The number of hydrogen-bond donors (Lipinski definition) is 0. The second-order valence-electron chi connectivity index (χ2n) is 7.08. The Morgan fingerprint density at radius 2 is 1.78 bits per heavy atom. The Bertz CT molecular complexity index is 509. The van der Waals surface area contributed by atoms with Crippen LogP contribution in [-0.4, -0.2) is 65.4 Å². The van der Waals surface area contributed by atoms with Gasteiger partial charge in [-0.15, -0.1) is 0 Å². The molecule has 1 unspecified atom stereocenters. The summed E-state index contributed by atoms with van der Waals surface area (Å²) < 4.78 is 0. The van der Waals surface area contributed by atoms with Crippen LogP contribution in [0, 0.1) is 0 Å². The van der Waals surface area contributed by atoms with E-state index in [2.05, 4.69) is 58.9 Å². The standard InChI is InChI=1S/C19H29N3O/c1-16(2)22-10-6-9-18(22)19(23)21-13-11-20(12-14-21)15-17-7-4-3-5-8-17/h3-5,7-8,16,18H,6,9-15H2,1-2H3. The molecule has 0 radical (unpaired) electrons. The molecule has 0 aliphatic carbocycles. The molecular formula is C19H29N3O. The topological polar surface area (TPSA) is 26.8 Å². The molecular weight excluding hydrogens is 286 g/mol. The third kappa shape index (κ3) is 3.93. The second kappa shape index (κ2) is 7.45. The molecule has 23 heavy (non-hydrogen) atoms. The number of nitrogens with zero attached hydrogens (tertiary/aromatic N) is 3. The molecule has 2 aliphatic heterocycles. The lowest BCUT2D eigenvalue weighted by Crippen LogP contribution is -2.54. The van der Waals surface area contributed by atoms with Gasteiger partial charge < -0.3 is 4.90 Å². The van der Waals surface area contributed by atoms with Crippen LogP contribution in [0.1, 0.15) is 32.3 Å². The van der Waals surface area contributed by atoms with E-state index in [4.69, 9.17) is 0 Å². The Balaban J connectivity index is 1.51. The van der Waals surface area contributed by atoms with Gasteiger partial charge in [-0.3, -0.25) is 14.6 Å². The Hall–Kier alpha value is -1.39. The molecule has 4 heteroatoms. The van der Waals surface area contributed by atoms with E-state index in [0.29, 0.717) is 11.9 Å². The van der Waals surface area contributed by atoms with Gasteiger partial charge in [0.05, 0.1) is 6.04 Å². The normalized spacial score (nSPS) is 23.6. The van der Waals surface area contributed by atoms with E-state index < -0.39 is 0 Å². The molecule has 2 fully saturated rings. The van der Waals surface area contributed by atoms with Gasteiger partial charge in [-0.25, -0.2) is 0 Å². The van der Waals surface area contributed by atoms with Gasteiger partial charge in [0.1, 0.15) is 0 Å². The summed E-state index contributed by atoms with van der Waals surface area (Å²) in [5.41, 5.74) is 1.36. The van der Waals surface area contributed by atoms with Crippen molar-refractivity contribution in [3.05, 3.63) is 35.9 Å². The predicted molar refractivity (Wildman–Crippen MR) is 93.2 cm³/mol. The number of hydrogen-bond acceptors (Lipinski definition) is 3. The summed E-state index contributed by atoms with van der Waals surface area (Å²) in [7, 11) is 0. The molecule has 2 heterocycles. The molecule has 1 aromatic rings. The maximum Gasteiger partial charge on any atom is 0.240 e. The highest BCUT2D eigenvalue weighted by Crippen LogP contribution is 2.22. The number of carbonyl (C=O) groups is 1. The van der Waals surface area contributed by atoms with E-state index in [0.717, 1.165) is 52.1 Å². The molecule has 4 nitrogen and oxygen atoms in total. The van der Waals surface area contributed by atoms with Crippen LogP contribution in [0.2, 0.25) is 0 Å². The third-order valence-electron chi connectivity index (χ3n) is 5.18. The van der Waals surface area contributed by atoms with Crippen molar-refractivity contribution in [1.82, 2.24) is 14.7 Å². The van der Waals surface area contributed by atoms with Crippen molar-refractivity contribution in [3.8, 4) is 0 Å². The highest BCUT2D eigenvalue weighted by Gasteiger charge is 2.35. The Morgan fingerprint density at radius 1 is 1.09 bits per heavy atom. The summed E-state index contributed by atoms with van der Waals surface area (Å²) in [5, 5.41) is 0. The zero-order chi connectivity index (χ0) is 16.2. The predicted octanol–water partition coefficient (Wildman–Crippen LogP) is 2.20. The summed E-state index contributed by atoms with van der Waals surface area (Å²) in [6, 6.07) is 11.2. The first kappa shape index (κ1) is 16.5. The molecule has 1 aromatic carbocycles. The van der Waals surface area contributed by atoms with Gasteiger partial charge in [0.15, 0.2) is 0 Å². The third-order valence-corrected chi connectivity index (χ3v) is 5.18. The molecule has 0 aromatic heterocycles. The van der Waals surface area contributed by atoms with Crippen LogP contribution in [-0.2, 0) is 11.3 Å². The van der Waals surface area contributed by atoms with Crippen molar-refractivity contribution < 1.29 is 4.79 Å². The van der Waals surface area contributed by atoms with Gasteiger partial charge >= 0.3 is 0 Å². The Kier molecular flexibility index (Phi) is 5.34. The first-order chi connectivity index (χ1) is 11.1. The van der Waals surface area contributed by atoms with Gasteiger partial charge in [0.2, 0.25) is 5.91 Å². The van der Waals surface area contributed by atoms with Crippen molar-refractivity contribution in [2.45, 2.75) is 45.3 Å². The highest BCUT2D eigenvalue weighted by atomic mass is 16.2. The summed E-state index contributed by atoms with van der Waals surface area (Å²) in [6.07, 6.45) is 2.18. The monoisotopic (exact) mass is 315 g/mol. The Labute approximate surface area is 140 Å². The quantitative estimate of drug-likeness (QED) is 0.852. The molecule has 2 aliphatic rings. The zero-order valence-corrected chi connectivity index (χ0v) is 14.4. The minimum absolute atomic E-state index is 0.121. The number of rotatable bonds is 4. The van der Waals surface area contributed by atoms with E-state index in [1.165, 1.54) is 5.56 Å². The largest absolute Gasteiger partial charge is 0.339 e. The SMILES string of the molecule is CC(C)N1CCCC1C(=O)N1CCN(Cc2ccccc2)CC1. The fourth-order valence-corrected chi connectivity index (χ4v) is 3.85. The van der Waals surface area contributed by atoms with E-state index in [9.17, 15) is 4.79 Å². The van der Waals surface area contributed by atoms with Crippen LogP contribution < -0.4 is 0 Å². The Morgan fingerprint density at radius 3 is 2.43 bits per heavy atom. The fourth-order valence-electron chi connectivity index (χ4n) is 3.85. The minimum atomic E-state index is 0.121. The molecule has 0 spiro atoms. The van der Waals surface area contributed by atoms with Gasteiger partial charge in [-0.2, -0.15) is 0 Å². The highest BCUT2D eigenvalue weighted by molar-refractivity contribution is 5.82. The number of amides is 1. The van der Waals surface area contributed by atoms with Gasteiger partial charge in [-0.1, -0.05) is 30.3 Å². The van der Waals surface area contributed by atoms with Gasteiger partial charge in [-0.05, 0) is 38.8 Å². The number of likely N-dealkylation sites (tertiary alicyclic amines) is 1. The molecule has 2 saturated heterocycles. The zero-order valence-electron chi connectivity index (χ0n) is 14.4. The lowest BCUT2D eigenvalue weighted by Gasteiger charge is -2.38. The van der Waals surface area contributed by atoms with E-state index in [1.807, 2.05) is 0 Å². The van der Waals surface area contributed by atoms with Crippen molar-refractivity contribution >= 4 is 5.91 Å². The number of piperazine rings is 1. The van der Waals surface area contributed by atoms with Crippen molar-refractivity contribution in [2.24, 2.45) is 0 Å². The maximum absolute atomic E-state index is 12.8. The van der Waals surface area contributed by atoms with Crippen molar-refractivity contribution in [3.63, 3.8) is 0 Å². The molecule has 126 valence electrons. The van der Waals surface area contributed by atoms with E-state index in [-0.39, 0.29) is 6.04 Å². The van der Waals surface area contributed by atoms with Crippen LogP contribution >= 0.6 is 0 Å². The van der Waals surface area contributed by atoms with Crippen molar-refractivity contribution in [2.75, 3.05) is 32.7 Å². The molecule has 1 atom stereocenters. The summed E-state index contributed by atoms with van der Waals surface area (Å²) in [4.78, 5) is 19.8. The van der Waals surface area contributed by atoms with E-state index in [1.54, 1.807) is 0 Å². The molecule has 0 bridgehead atoms. The van der Waals surface area contributed by atoms with Gasteiger partial charge in [0, 0.05) is 38.8 Å². The van der Waals surface area contributed by atoms with Crippen LogP contribution in [0.25, 0.3) is 0 Å². The smallest absolute Gasteiger partial charge is 0.240 e. The average molecular weight is 315 g/mol. The summed E-state index contributed by atoms with van der Waals surface area (Å²) >= 11 is 0. The van der Waals surface area contributed by atoms with Crippen LogP contribution in [0.5, 0.6) is 0 Å². The minimum Gasteiger partial charge on any atom is -0.339 e. The molecule has 3 rings (SSSR count). The molecule has 0 N–H and O–H groups in total. The number of carbonyl (C=O) groups excluding carboxylic acids is 1. The second-order valence-corrected chi connectivity index (χ2v) is 7.08. The number of benzene rings is 1. The molecule has 1 amide bonds. The lowest BCUT2D eigenvalue weighted by molar-refractivity contribution is -0.138. The summed E-state index contributed by atoms with van der Waals surface area (Å²) in [5.74, 6) is 0.357. The van der Waals surface area contributed by atoms with Crippen LogP contribution in [0.15, 0.2) is 30.3 Å². The fraction of sp³-hybridized carbons (Fsp3) is 0.632. The van der Waals surface area contributed by atoms with E-state index >= 15 is 0 Å². The first-order valence-corrected chi connectivity index (χ1v) is 8.96. The maximum atomic E-state index is 12.8. The van der Waals surface area contributed by atoms with Crippen LogP contribution in [0.3, 0.4) is 0 Å².